The van der Waals surface area contributed by atoms with Gasteiger partial charge in [-0.15, -0.1) is 0 Å². The third-order valence-electron chi connectivity index (χ3n) is 3.39. The van der Waals surface area contributed by atoms with Crippen LogP contribution in [0.25, 0.3) is 0 Å². The quantitative estimate of drug-likeness (QED) is 0.786. The third kappa shape index (κ3) is 4.31. The number of carbonyl (C=O) groups is 1. The van der Waals surface area contributed by atoms with Crippen LogP contribution in [-0.4, -0.2) is 38.3 Å². The Morgan fingerprint density at radius 2 is 2.10 bits per heavy atom. The fraction of sp³-hybridized carbons (Fsp3) is 0.714. The maximum atomic E-state index is 10.8. The molecule has 1 rings (SSSR count). The summed E-state index contributed by atoms with van der Waals surface area (Å²) in [7, 11) is 0. The zero-order valence-electron chi connectivity index (χ0n) is 12.7. The van der Waals surface area contributed by atoms with Crippen LogP contribution in [0.3, 0.4) is 0 Å². The van der Waals surface area contributed by atoms with Gasteiger partial charge in [-0.2, -0.15) is 5.10 Å². The number of aliphatic carboxylic acids is 1. The van der Waals surface area contributed by atoms with Crippen LogP contribution in [0.1, 0.15) is 45.5 Å². The lowest BCUT2D eigenvalue weighted by Gasteiger charge is -2.26. The summed E-state index contributed by atoms with van der Waals surface area (Å²) in [4.78, 5) is 12.9. The van der Waals surface area contributed by atoms with Gasteiger partial charge in [0.15, 0.2) is 0 Å². The van der Waals surface area contributed by atoms with Gasteiger partial charge in [-0.05, 0) is 43.1 Å². The van der Waals surface area contributed by atoms with Crippen LogP contribution in [0, 0.1) is 0 Å². The zero-order valence-corrected chi connectivity index (χ0v) is 14.3. The van der Waals surface area contributed by atoms with Crippen LogP contribution in [0.4, 0.5) is 0 Å². The second-order valence-corrected chi connectivity index (χ2v) is 5.88. The monoisotopic (exact) mass is 345 g/mol. The molecule has 0 aliphatic rings. The van der Waals surface area contributed by atoms with E-state index in [1.165, 1.54) is 0 Å². The second-order valence-electron chi connectivity index (χ2n) is 5.08. The normalized spacial score (nSPS) is 11.6. The molecule has 0 spiro atoms. The number of hydrogen-bond acceptors (Lipinski definition) is 3. The van der Waals surface area contributed by atoms with Crippen molar-refractivity contribution in [2.75, 3.05) is 6.54 Å². The molecule has 6 heteroatoms. The summed E-state index contributed by atoms with van der Waals surface area (Å²) < 4.78 is 3.06. The van der Waals surface area contributed by atoms with Crippen molar-refractivity contribution in [3.63, 3.8) is 0 Å². The molecule has 0 unspecified atom stereocenters. The van der Waals surface area contributed by atoms with Crippen LogP contribution < -0.4 is 0 Å². The lowest BCUT2D eigenvalue weighted by atomic mass is 10.2. The Morgan fingerprint density at radius 1 is 1.45 bits per heavy atom. The predicted octanol–water partition coefficient (Wildman–Crippen LogP) is 2.91. The minimum absolute atomic E-state index is 0.163. The summed E-state index contributed by atoms with van der Waals surface area (Å²) in [6.07, 6.45) is 1.05. The molecule has 0 saturated carbocycles. The van der Waals surface area contributed by atoms with E-state index in [9.17, 15) is 4.79 Å². The molecule has 0 aliphatic heterocycles. The van der Waals surface area contributed by atoms with E-state index in [-0.39, 0.29) is 6.42 Å². The molecule has 5 nitrogen and oxygen atoms in total. The highest BCUT2D eigenvalue weighted by atomic mass is 79.9. The number of rotatable bonds is 8. The van der Waals surface area contributed by atoms with Crippen molar-refractivity contribution in [3.8, 4) is 0 Å². The van der Waals surface area contributed by atoms with Crippen LogP contribution in [0.15, 0.2) is 4.47 Å². The largest absolute Gasteiger partial charge is 0.481 e. The highest BCUT2D eigenvalue weighted by molar-refractivity contribution is 9.10. The molecule has 0 atom stereocenters. The van der Waals surface area contributed by atoms with Gasteiger partial charge in [0.2, 0.25) is 0 Å². The molecule has 0 bridgehead atoms. The molecule has 1 aromatic heterocycles. The van der Waals surface area contributed by atoms with Crippen LogP contribution in [-0.2, 0) is 24.3 Å². The molecule has 0 aromatic carbocycles. The Hall–Kier alpha value is -0.880. The van der Waals surface area contributed by atoms with E-state index < -0.39 is 5.97 Å². The Labute approximate surface area is 129 Å². The summed E-state index contributed by atoms with van der Waals surface area (Å²) >= 11 is 3.63. The third-order valence-corrected chi connectivity index (χ3v) is 4.31. The van der Waals surface area contributed by atoms with E-state index in [0.717, 1.165) is 28.8 Å². The summed E-state index contributed by atoms with van der Waals surface area (Å²) in [5.74, 6) is -0.757. The molecule has 0 radical (unpaired) electrons. The Balaban J connectivity index is 2.92. The molecule has 114 valence electrons. The first-order valence-electron chi connectivity index (χ1n) is 7.10. The van der Waals surface area contributed by atoms with Crippen LogP contribution in [0.5, 0.6) is 0 Å². The van der Waals surface area contributed by atoms with E-state index in [1.807, 2.05) is 4.68 Å². The Morgan fingerprint density at radius 3 is 2.55 bits per heavy atom. The van der Waals surface area contributed by atoms with Gasteiger partial charge >= 0.3 is 5.97 Å². The lowest BCUT2D eigenvalue weighted by molar-refractivity contribution is -0.137. The van der Waals surface area contributed by atoms with Crippen molar-refractivity contribution in [3.05, 3.63) is 15.9 Å². The summed E-state index contributed by atoms with van der Waals surface area (Å²) in [6.45, 7) is 10.4. The number of carboxylic acids is 1. The van der Waals surface area contributed by atoms with Gasteiger partial charge < -0.3 is 5.11 Å². The molecular formula is C14H24BrN3O2. The minimum atomic E-state index is -0.757. The van der Waals surface area contributed by atoms with Crippen molar-refractivity contribution >= 4 is 21.9 Å². The van der Waals surface area contributed by atoms with E-state index in [0.29, 0.717) is 19.1 Å². The van der Waals surface area contributed by atoms with Crippen molar-refractivity contribution in [2.45, 2.75) is 59.7 Å². The first kappa shape index (κ1) is 17.2. The number of aromatic nitrogens is 2. The Kier molecular flexibility index (Phi) is 6.68. The van der Waals surface area contributed by atoms with Gasteiger partial charge in [0.1, 0.15) is 0 Å². The van der Waals surface area contributed by atoms with Gasteiger partial charge in [0.05, 0.1) is 22.3 Å². The smallest absolute Gasteiger partial charge is 0.304 e. The number of aryl methyl sites for hydroxylation is 2. The molecule has 0 aliphatic carbocycles. The molecule has 1 heterocycles. The molecular weight excluding hydrogens is 322 g/mol. The van der Waals surface area contributed by atoms with Crippen LogP contribution in [0.2, 0.25) is 0 Å². The number of carboxylic acid groups (broad SMARTS) is 1. The van der Waals surface area contributed by atoms with Gasteiger partial charge in [0.25, 0.3) is 0 Å². The van der Waals surface area contributed by atoms with Gasteiger partial charge in [-0.25, -0.2) is 0 Å². The highest BCUT2D eigenvalue weighted by Gasteiger charge is 2.19. The van der Waals surface area contributed by atoms with Crippen molar-refractivity contribution in [1.29, 1.82) is 0 Å². The van der Waals surface area contributed by atoms with E-state index in [4.69, 9.17) is 5.11 Å². The molecule has 20 heavy (non-hydrogen) atoms. The Bertz CT molecular complexity index is 458. The maximum Gasteiger partial charge on any atom is 0.304 e. The van der Waals surface area contributed by atoms with Crippen molar-refractivity contribution in [1.82, 2.24) is 14.7 Å². The summed E-state index contributed by atoms with van der Waals surface area (Å²) in [5.41, 5.74) is 2.19. The van der Waals surface area contributed by atoms with Gasteiger partial charge in [-0.3, -0.25) is 14.4 Å². The highest BCUT2D eigenvalue weighted by Crippen LogP contribution is 2.24. The van der Waals surface area contributed by atoms with Crippen LogP contribution >= 0.6 is 15.9 Å². The number of nitrogens with zero attached hydrogens (tertiary/aromatic N) is 3. The first-order chi connectivity index (χ1) is 9.40. The SMILES string of the molecule is CCc1nn(CC)c(CN(CCC(=O)O)C(C)C)c1Br. The lowest BCUT2D eigenvalue weighted by Crippen LogP contribution is -2.33. The molecule has 0 amide bonds. The van der Waals surface area contributed by atoms with Crippen molar-refractivity contribution in [2.24, 2.45) is 0 Å². The fourth-order valence-corrected chi connectivity index (χ4v) is 2.81. The summed E-state index contributed by atoms with van der Waals surface area (Å²) in [6, 6.07) is 0.298. The molecule has 1 aromatic rings. The van der Waals surface area contributed by atoms with Gasteiger partial charge in [-0.1, -0.05) is 6.92 Å². The average molecular weight is 346 g/mol. The minimum Gasteiger partial charge on any atom is -0.481 e. The number of halogens is 1. The molecule has 1 N–H and O–H groups in total. The predicted molar refractivity (Wildman–Crippen MR) is 82.8 cm³/mol. The number of hydrogen-bond donors (Lipinski definition) is 1. The van der Waals surface area contributed by atoms with Crippen molar-refractivity contribution < 1.29 is 9.90 Å². The second kappa shape index (κ2) is 7.78. The van der Waals surface area contributed by atoms with Gasteiger partial charge in [0, 0.05) is 25.7 Å². The van der Waals surface area contributed by atoms with E-state index >= 15 is 0 Å². The van der Waals surface area contributed by atoms with E-state index in [2.05, 4.69) is 53.6 Å². The molecule has 0 saturated heterocycles. The first-order valence-corrected chi connectivity index (χ1v) is 7.89. The standard InChI is InChI=1S/C14H24BrN3O2/c1-5-11-14(15)12(18(6-2)16-11)9-17(10(3)4)8-7-13(19)20/h10H,5-9H2,1-4H3,(H,19,20). The average Bonchev–Trinajstić information content (AvgIpc) is 2.70. The zero-order chi connectivity index (χ0) is 15.3. The molecule has 0 fully saturated rings. The fourth-order valence-electron chi connectivity index (χ4n) is 2.12. The topological polar surface area (TPSA) is 58.4 Å². The maximum absolute atomic E-state index is 10.8. The summed E-state index contributed by atoms with van der Waals surface area (Å²) in [5, 5.41) is 13.4. The van der Waals surface area contributed by atoms with E-state index in [1.54, 1.807) is 0 Å².